The van der Waals surface area contributed by atoms with E-state index in [4.69, 9.17) is 0 Å². The normalized spacial score (nSPS) is 16.9. The maximum Gasteiger partial charge on any atom is 0.261 e. The van der Waals surface area contributed by atoms with Crippen molar-refractivity contribution in [2.75, 3.05) is 20.1 Å². The second-order valence-corrected chi connectivity index (χ2v) is 5.47. The molecule has 1 aromatic heterocycles. The van der Waals surface area contributed by atoms with Crippen LogP contribution in [0, 0.1) is 0 Å². The number of nitrogens with zero attached hydrogens (tertiary/aromatic N) is 4. The molecule has 0 aliphatic carbocycles. The van der Waals surface area contributed by atoms with Gasteiger partial charge in [0.15, 0.2) is 5.03 Å². The Morgan fingerprint density at radius 2 is 2.19 bits per heavy atom. The topological polar surface area (TPSA) is 80.1 Å². The van der Waals surface area contributed by atoms with Crippen molar-refractivity contribution in [2.45, 2.75) is 11.1 Å². The number of aryl methyl sites for hydroxylation is 1. The second kappa shape index (κ2) is 4.66. The molecule has 7 nitrogen and oxygen atoms in total. The van der Waals surface area contributed by atoms with Crippen molar-refractivity contribution in [3.63, 3.8) is 0 Å². The average Bonchev–Trinajstić information content (AvgIpc) is 2.48. The Bertz CT molecular complexity index is 455. The first-order valence-corrected chi connectivity index (χ1v) is 6.01. The summed E-state index contributed by atoms with van der Waals surface area (Å²) in [6.45, 7) is 1.39. The minimum atomic E-state index is -3.46. The van der Waals surface area contributed by atoms with Crippen LogP contribution in [0.2, 0.25) is 0 Å². The fraction of sp³-hybridized carbons (Fsp3) is 0.714. The first kappa shape index (κ1) is 13.4. The molecule has 0 radical (unpaired) electrons. The van der Waals surface area contributed by atoms with Gasteiger partial charge in [-0.2, -0.15) is 4.31 Å². The zero-order valence-electron chi connectivity index (χ0n) is 8.99. The van der Waals surface area contributed by atoms with Gasteiger partial charge >= 0.3 is 0 Å². The number of nitrogens with one attached hydrogen (secondary N) is 1. The lowest BCUT2D eigenvalue weighted by Gasteiger charge is -2.34. The summed E-state index contributed by atoms with van der Waals surface area (Å²) in [4.78, 5) is 0. The molecule has 16 heavy (non-hydrogen) atoms. The zero-order valence-corrected chi connectivity index (χ0v) is 10.6. The van der Waals surface area contributed by atoms with Gasteiger partial charge in [-0.25, -0.2) is 13.1 Å². The van der Waals surface area contributed by atoms with Crippen LogP contribution in [-0.4, -0.2) is 53.9 Å². The van der Waals surface area contributed by atoms with Gasteiger partial charge in [0.1, 0.15) is 0 Å². The van der Waals surface area contributed by atoms with E-state index in [0.29, 0.717) is 13.1 Å². The third kappa shape index (κ3) is 2.05. The van der Waals surface area contributed by atoms with Crippen molar-refractivity contribution in [3.05, 3.63) is 6.20 Å². The molecule has 1 N–H and O–H groups in total. The molecule has 0 atom stereocenters. The summed E-state index contributed by atoms with van der Waals surface area (Å²) < 4.78 is 26.7. The van der Waals surface area contributed by atoms with Crippen LogP contribution in [0.5, 0.6) is 0 Å². The number of sulfonamides is 1. The number of rotatable bonds is 3. The van der Waals surface area contributed by atoms with Crippen molar-refractivity contribution >= 4 is 22.4 Å². The number of hydrogen-bond donors (Lipinski definition) is 1. The summed E-state index contributed by atoms with van der Waals surface area (Å²) in [7, 11) is -0.316. The third-order valence-corrected chi connectivity index (χ3v) is 4.55. The number of hydrogen-bond acceptors (Lipinski definition) is 5. The molecule has 0 spiro atoms. The standard InChI is InChI=1S/C7H13N5O2S.ClH/c1-11-7(5-9-10-11)15(13,14)12(2)6-3-8-4-6;/h5-6,8H,3-4H2,1-2H3;1H. The minimum Gasteiger partial charge on any atom is -0.313 e. The van der Waals surface area contributed by atoms with E-state index in [-0.39, 0.29) is 23.5 Å². The fourth-order valence-electron chi connectivity index (χ4n) is 1.39. The highest BCUT2D eigenvalue weighted by Crippen LogP contribution is 2.16. The Kier molecular flexibility index (Phi) is 3.89. The molecule has 0 amide bonds. The molecule has 2 heterocycles. The van der Waals surface area contributed by atoms with Gasteiger partial charge in [-0.1, -0.05) is 5.21 Å². The van der Waals surface area contributed by atoms with Crippen LogP contribution in [0.15, 0.2) is 11.2 Å². The molecule has 1 aliphatic heterocycles. The number of likely N-dealkylation sites (N-methyl/N-ethyl adjacent to an activating group) is 1. The predicted octanol–water partition coefficient (Wildman–Crippen LogP) is -1.17. The highest BCUT2D eigenvalue weighted by Gasteiger charge is 2.33. The lowest BCUT2D eigenvalue weighted by atomic mass is 10.2. The number of halogens is 1. The maximum absolute atomic E-state index is 12.0. The predicted molar refractivity (Wildman–Crippen MR) is 59.9 cm³/mol. The molecule has 92 valence electrons. The van der Waals surface area contributed by atoms with Gasteiger partial charge in [-0.3, -0.25) is 0 Å². The largest absolute Gasteiger partial charge is 0.313 e. The van der Waals surface area contributed by atoms with Gasteiger partial charge in [-0.05, 0) is 0 Å². The summed E-state index contributed by atoms with van der Waals surface area (Å²) >= 11 is 0. The van der Waals surface area contributed by atoms with E-state index in [1.807, 2.05) is 0 Å². The Morgan fingerprint density at radius 1 is 1.56 bits per heavy atom. The lowest BCUT2D eigenvalue weighted by molar-refractivity contribution is 0.272. The van der Waals surface area contributed by atoms with Crippen LogP contribution in [-0.2, 0) is 17.1 Å². The average molecular weight is 268 g/mol. The SMILES string of the molecule is CN(C1CNC1)S(=O)(=O)c1cnnn1C.Cl. The van der Waals surface area contributed by atoms with E-state index < -0.39 is 10.0 Å². The molecule has 1 aromatic rings. The quantitative estimate of drug-likeness (QED) is 0.746. The van der Waals surface area contributed by atoms with E-state index in [1.54, 1.807) is 14.1 Å². The van der Waals surface area contributed by atoms with Crippen molar-refractivity contribution < 1.29 is 8.42 Å². The molecule has 9 heteroatoms. The van der Waals surface area contributed by atoms with E-state index in [1.165, 1.54) is 15.2 Å². The van der Waals surface area contributed by atoms with Crippen LogP contribution in [0.4, 0.5) is 0 Å². The van der Waals surface area contributed by atoms with Gasteiger partial charge < -0.3 is 5.32 Å². The van der Waals surface area contributed by atoms with Crippen molar-refractivity contribution in [2.24, 2.45) is 7.05 Å². The first-order valence-electron chi connectivity index (χ1n) is 4.57. The van der Waals surface area contributed by atoms with Crippen LogP contribution in [0.25, 0.3) is 0 Å². The molecule has 0 unspecified atom stereocenters. The molecular weight excluding hydrogens is 254 g/mol. The van der Waals surface area contributed by atoms with E-state index in [9.17, 15) is 8.42 Å². The van der Waals surface area contributed by atoms with E-state index in [0.717, 1.165) is 0 Å². The highest BCUT2D eigenvalue weighted by molar-refractivity contribution is 7.89. The highest BCUT2D eigenvalue weighted by atomic mass is 35.5. The van der Waals surface area contributed by atoms with Crippen LogP contribution in [0.3, 0.4) is 0 Å². The van der Waals surface area contributed by atoms with E-state index >= 15 is 0 Å². The molecule has 0 saturated carbocycles. The molecular formula is C7H14ClN5O2S. The maximum atomic E-state index is 12.0. The fourth-order valence-corrected chi connectivity index (χ4v) is 2.78. The smallest absolute Gasteiger partial charge is 0.261 e. The Hall–Kier alpha value is -0.700. The summed E-state index contributed by atoms with van der Waals surface area (Å²) in [5.74, 6) is 0. The van der Waals surface area contributed by atoms with Gasteiger partial charge in [0.05, 0.1) is 6.20 Å². The molecule has 1 fully saturated rings. The molecule has 1 aliphatic rings. The number of aromatic nitrogens is 3. The first-order chi connectivity index (χ1) is 7.03. The van der Waals surface area contributed by atoms with Crippen LogP contribution < -0.4 is 5.32 Å². The molecule has 0 bridgehead atoms. The monoisotopic (exact) mass is 267 g/mol. The molecule has 2 rings (SSSR count). The Labute approximate surface area is 100 Å². The van der Waals surface area contributed by atoms with Crippen molar-refractivity contribution in [3.8, 4) is 0 Å². The van der Waals surface area contributed by atoms with Crippen LogP contribution >= 0.6 is 12.4 Å². The van der Waals surface area contributed by atoms with Gasteiger partial charge in [0.25, 0.3) is 10.0 Å². The van der Waals surface area contributed by atoms with Crippen molar-refractivity contribution in [1.29, 1.82) is 0 Å². The van der Waals surface area contributed by atoms with Crippen LogP contribution in [0.1, 0.15) is 0 Å². The molecule has 0 aromatic carbocycles. The molecule has 1 saturated heterocycles. The van der Waals surface area contributed by atoms with Gasteiger partial charge in [0.2, 0.25) is 0 Å². The van der Waals surface area contributed by atoms with Gasteiger partial charge in [0, 0.05) is 33.2 Å². The van der Waals surface area contributed by atoms with E-state index in [2.05, 4.69) is 15.6 Å². The third-order valence-electron chi connectivity index (χ3n) is 2.59. The van der Waals surface area contributed by atoms with Crippen molar-refractivity contribution in [1.82, 2.24) is 24.6 Å². The second-order valence-electron chi connectivity index (χ2n) is 3.53. The summed E-state index contributed by atoms with van der Waals surface area (Å²) in [6, 6.07) is 0.0323. The summed E-state index contributed by atoms with van der Waals surface area (Å²) in [5, 5.41) is 10.3. The van der Waals surface area contributed by atoms with Gasteiger partial charge in [-0.15, -0.1) is 17.5 Å². The zero-order chi connectivity index (χ0) is 11.1. The Morgan fingerprint density at radius 3 is 2.56 bits per heavy atom. The summed E-state index contributed by atoms with van der Waals surface area (Å²) in [6.07, 6.45) is 1.26. The lowest BCUT2D eigenvalue weighted by Crippen LogP contribution is -2.57. The summed E-state index contributed by atoms with van der Waals surface area (Å²) in [5.41, 5.74) is 0. The minimum absolute atomic E-state index is 0. The Balaban J connectivity index is 0.00000128.